The molecular weight excluding hydrogens is 352 g/mol. The molecule has 4 nitrogen and oxygen atoms in total. The molecule has 6 heteroatoms. The molecular formula is C15H17BrN2O2S. The Morgan fingerprint density at radius 2 is 1.76 bits per heavy atom. The van der Waals surface area contributed by atoms with Gasteiger partial charge in [0.2, 0.25) is 0 Å². The molecule has 21 heavy (non-hydrogen) atoms. The SMILES string of the molecule is COCc1ccc(CNC(=O)NCc2ccc(Br)s2)cc1. The highest BCUT2D eigenvalue weighted by Crippen LogP contribution is 2.21. The highest BCUT2D eigenvalue weighted by molar-refractivity contribution is 9.11. The van der Waals surface area contributed by atoms with Crippen LogP contribution in [0, 0.1) is 0 Å². The summed E-state index contributed by atoms with van der Waals surface area (Å²) in [5.41, 5.74) is 2.18. The Labute approximate surface area is 136 Å². The van der Waals surface area contributed by atoms with E-state index in [0.717, 1.165) is 19.8 Å². The molecule has 0 fully saturated rings. The summed E-state index contributed by atoms with van der Waals surface area (Å²) < 4.78 is 6.13. The Bertz CT molecular complexity index is 584. The van der Waals surface area contributed by atoms with Crippen molar-refractivity contribution < 1.29 is 9.53 Å². The van der Waals surface area contributed by atoms with Gasteiger partial charge in [0.1, 0.15) is 0 Å². The van der Waals surface area contributed by atoms with Crippen molar-refractivity contribution in [3.05, 3.63) is 56.2 Å². The Kier molecular flexibility index (Phi) is 6.22. The van der Waals surface area contributed by atoms with E-state index in [4.69, 9.17) is 4.74 Å². The lowest BCUT2D eigenvalue weighted by Gasteiger charge is -2.07. The standard InChI is InChI=1S/C15H17BrN2O2S/c1-20-10-12-4-2-11(3-5-12)8-17-15(19)18-9-13-6-7-14(16)21-13/h2-7H,8-10H2,1H3,(H2,17,18,19). The second kappa shape index (κ2) is 8.17. The van der Waals surface area contributed by atoms with Crippen LogP contribution in [0.1, 0.15) is 16.0 Å². The maximum Gasteiger partial charge on any atom is 0.315 e. The minimum absolute atomic E-state index is 0.166. The Balaban J connectivity index is 1.73. The number of halogens is 1. The first-order valence-electron chi connectivity index (χ1n) is 6.50. The average Bonchev–Trinajstić information content (AvgIpc) is 2.90. The summed E-state index contributed by atoms with van der Waals surface area (Å²) in [6.07, 6.45) is 0. The van der Waals surface area contributed by atoms with Gasteiger partial charge in [-0.05, 0) is 39.2 Å². The molecule has 2 rings (SSSR count). The van der Waals surface area contributed by atoms with E-state index in [9.17, 15) is 4.79 Å². The van der Waals surface area contributed by atoms with Crippen LogP contribution >= 0.6 is 27.3 Å². The molecule has 0 aliphatic rings. The average molecular weight is 369 g/mol. The van der Waals surface area contributed by atoms with Gasteiger partial charge < -0.3 is 15.4 Å². The summed E-state index contributed by atoms with van der Waals surface area (Å²) in [7, 11) is 1.67. The highest BCUT2D eigenvalue weighted by Gasteiger charge is 2.02. The summed E-state index contributed by atoms with van der Waals surface area (Å²) in [4.78, 5) is 12.8. The topological polar surface area (TPSA) is 50.4 Å². The van der Waals surface area contributed by atoms with E-state index in [1.54, 1.807) is 18.4 Å². The zero-order valence-electron chi connectivity index (χ0n) is 11.7. The molecule has 1 heterocycles. The number of urea groups is 1. The van der Waals surface area contributed by atoms with Crippen molar-refractivity contribution in [1.29, 1.82) is 0 Å². The van der Waals surface area contributed by atoms with E-state index in [-0.39, 0.29) is 6.03 Å². The fraction of sp³-hybridized carbons (Fsp3) is 0.267. The van der Waals surface area contributed by atoms with Gasteiger partial charge in [-0.25, -0.2) is 4.79 Å². The molecule has 0 saturated carbocycles. The number of carbonyl (C=O) groups excluding carboxylic acids is 1. The zero-order valence-corrected chi connectivity index (χ0v) is 14.1. The van der Waals surface area contributed by atoms with Crippen molar-refractivity contribution in [2.45, 2.75) is 19.7 Å². The summed E-state index contributed by atoms with van der Waals surface area (Å²) >= 11 is 5.01. The third-order valence-corrected chi connectivity index (χ3v) is 4.46. The van der Waals surface area contributed by atoms with Crippen molar-refractivity contribution in [3.8, 4) is 0 Å². The molecule has 2 amide bonds. The molecule has 0 atom stereocenters. The molecule has 0 bridgehead atoms. The van der Waals surface area contributed by atoms with Gasteiger partial charge in [-0.2, -0.15) is 0 Å². The maximum absolute atomic E-state index is 11.7. The first-order chi connectivity index (χ1) is 10.2. The van der Waals surface area contributed by atoms with Crippen molar-refractivity contribution in [3.63, 3.8) is 0 Å². The number of methoxy groups -OCH3 is 1. The third kappa shape index (κ3) is 5.49. The Hall–Kier alpha value is -1.37. The molecule has 0 spiro atoms. The van der Waals surface area contributed by atoms with Crippen molar-refractivity contribution in [2.24, 2.45) is 0 Å². The molecule has 0 aliphatic carbocycles. The van der Waals surface area contributed by atoms with Gasteiger partial charge in [0.15, 0.2) is 0 Å². The minimum Gasteiger partial charge on any atom is -0.380 e. The van der Waals surface area contributed by atoms with Gasteiger partial charge in [-0.3, -0.25) is 0 Å². The van der Waals surface area contributed by atoms with E-state index in [2.05, 4.69) is 26.6 Å². The van der Waals surface area contributed by atoms with Crippen molar-refractivity contribution >= 4 is 33.3 Å². The second-order valence-corrected chi connectivity index (χ2v) is 7.04. The molecule has 2 aromatic rings. The lowest BCUT2D eigenvalue weighted by atomic mass is 10.1. The second-order valence-electron chi connectivity index (χ2n) is 4.49. The zero-order chi connectivity index (χ0) is 15.1. The fourth-order valence-electron chi connectivity index (χ4n) is 1.78. The predicted molar refractivity (Wildman–Crippen MR) is 88.2 cm³/mol. The monoisotopic (exact) mass is 368 g/mol. The van der Waals surface area contributed by atoms with Gasteiger partial charge in [0.05, 0.1) is 16.9 Å². The Morgan fingerprint density at radius 1 is 1.10 bits per heavy atom. The predicted octanol–water partition coefficient (Wildman–Crippen LogP) is 3.66. The van der Waals surface area contributed by atoms with Crippen LogP contribution < -0.4 is 10.6 Å². The number of benzene rings is 1. The number of amides is 2. The number of ether oxygens (including phenoxy) is 1. The number of hydrogen-bond donors (Lipinski definition) is 2. The normalized spacial score (nSPS) is 10.4. The molecule has 1 aromatic heterocycles. The first kappa shape index (κ1) is 16.0. The summed E-state index contributed by atoms with van der Waals surface area (Å²) in [5, 5.41) is 5.67. The molecule has 2 N–H and O–H groups in total. The lowest BCUT2D eigenvalue weighted by molar-refractivity contribution is 0.185. The molecule has 112 valence electrons. The first-order valence-corrected chi connectivity index (χ1v) is 8.11. The van der Waals surface area contributed by atoms with Crippen LogP contribution in [-0.4, -0.2) is 13.1 Å². The number of carbonyl (C=O) groups is 1. The highest BCUT2D eigenvalue weighted by atomic mass is 79.9. The van der Waals surface area contributed by atoms with E-state index >= 15 is 0 Å². The maximum atomic E-state index is 11.7. The molecule has 0 radical (unpaired) electrons. The van der Waals surface area contributed by atoms with Crippen LogP contribution in [-0.2, 0) is 24.4 Å². The van der Waals surface area contributed by atoms with Crippen LogP contribution in [0.15, 0.2) is 40.2 Å². The van der Waals surface area contributed by atoms with E-state index < -0.39 is 0 Å². The smallest absolute Gasteiger partial charge is 0.315 e. The number of thiophene rings is 1. The van der Waals surface area contributed by atoms with E-state index in [0.29, 0.717) is 19.7 Å². The van der Waals surface area contributed by atoms with Gasteiger partial charge >= 0.3 is 6.03 Å². The lowest BCUT2D eigenvalue weighted by Crippen LogP contribution is -2.34. The number of nitrogens with one attached hydrogen (secondary N) is 2. The third-order valence-electron chi connectivity index (χ3n) is 2.84. The van der Waals surface area contributed by atoms with Gasteiger partial charge in [-0.15, -0.1) is 11.3 Å². The van der Waals surface area contributed by atoms with E-state index in [1.165, 1.54) is 0 Å². The molecule has 1 aromatic carbocycles. The summed E-state index contributed by atoms with van der Waals surface area (Å²) in [5.74, 6) is 0. The summed E-state index contributed by atoms with van der Waals surface area (Å²) in [6.45, 7) is 1.65. The van der Waals surface area contributed by atoms with Crippen LogP contribution in [0.2, 0.25) is 0 Å². The molecule has 0 unspecified atom stereocenters. The van der Waals surface area contributed by atoms with Crippen LogP contribution in [0.5, 0.6) is 0 Å². The summed E-state index contributed by atoms with van der Waals surface area (Å²) in [6, 6.07) is 11.8. The molecule has 0 aliphatic heterocycles. The van der Waals surface area contributed by atoms with Gasteiger partial charge in [-0.1, -0.05) is 24.3 Å². The van der Waals surface area contributed by atoms with E-state index in [1.807, 2.05) is 36.4 Å². The van der Waals surface area contributed by atoms with Gasteiger partial charge in [0.25, 0.3) is 0 Å². The van der Waals surface area contributed by atoms with Crippen LogP contribution in [0.25, 0.3) is 0 Å². The fourth-order valence-corrected chi connectivity index (χ4v) is 3.20. The minimum atomic E-state index is -0.166. The van der Waals surface area contributed by atoms with Crippen molar-refractivity contribution in [2.75, 3.05) is 7.11 Å². The molecule has 0 saturated heterocycles. The van der Waals surface area contributed by atoms with Crippen LogP contribution in [0.4, 0.5) is 4.79 Å². The Morgan fingerprint density at radius 3 is 2.38 bits per heavy atom. The van der Waals surface area contributed by atoms with Crippen molar-refractivity contribution in [1.82, 2.24) is 10.6 Å². The number of hydrogen-bond acceptors (Lipinski definition) is 3. The largest absolute Gasteiger partial charge is 0.380 e. The number of rotatable bonds is 6. The quantitative estimate of drug-likeness (QED) is 0.817. The van der Waals surface area contributed by atoms with Gasteiger partial charge in [0, 0.05) is 18.5 Å². The van der Waals surface area contributed by atoms with Crippen LogP contribution in [0.3, 0.4) is 0 Å².